The molecule has 7 heteroatoms. The highest BCUT2D eigenvalue weighted by Crippen LogP contribution is 2.54. The Morgan fingerprint density at radius 3 is 2.35 bits per heavy atom. The van der Waals surface area contributed by atoms with Crippen molar-refractivity contribution in [2.45, 2.75) is 56.7 Å². The molecule has 2 saturated carbocycles. The van der Waals surface area contributed by atoms with Gasteiger partial charge in [-0.05, 0) is 37.3 Å². The Morgan fingerprint density at radius 1 is 1.04 bits per heavy atom. The maximum Gasteiger partial charge on any atom is 0.412 e. The summed E-state index contributed by atoms with van der Waals surface area (Å²) in [5.41, 5.74) is 1.52. The first-order chi connectivity index (χ1) is 12.5. The fourth-order valence-electron chi connectivity index (χ4n) is 4.45. The molecule has 2 fully saturated rings. The van der Waals surface area contributed by atoms with E-state index in [9.17, 15) is 19.5 Å². The van der Waals surface area contributed by atoms with Gasteiger partial charge in [-0.25, -0.2) is 4.79 Å². The van der Waals surface area contributed by atoms with Crippen molar-refractivity contribution in [2.24, 2.45) is 5.92 Å². The van der Waals surface area contributed by atoms with Crippen molar-refractivity contribution in [2.75, 3.05) is 4.90 Å². The van der Waals surface area contributed by atoms with E-state index in [4.69, 9.17) is 5.11 Å². The van der Waals surface area contributed by atoms with Crippen molar-refractivity contribution in [3.8, 4) is 0 Å². The highest BCUT2D eigenvalue weighted by molar-refractivity contribution is 5.90. The van der Waals surface area contributed by atoms with Gasteiger partial charge in [0.05, 0.1) is 18.2 Å². The van der Waals surface area contributed by atoms with Gasteiger partial charge in [0.1, 0.15) is 0 Å². The second kappa shape index (κ2) is 6.30. The van der Waals surface area contributed by atoms with Gasteiger partial charge in [0.2, 0.25) is 5.91 Å². The van der Waals surface area contributed by atoms with Gasteiger partial charge in [-0.1, -0.05) is 18.2 Å². The number of para-hydroxylation sites is 1. The van der Waals surface area contributed by atoms with Crippen molar-refractivity contribution < 1.29 is 24.6 Å². The van der Waals surface area contributed by atoms with E-state index in [0.29, 0.717) is 5.69 Å². The fourth-order valence-corrected chi connectivity index (χ4v) is 4.45. The molecule has 3 atom stereocenters. The molecule has 4 rings (SSSR count). The Kier molecular flexibility index (Phi) is 4.09. The second-order valence-corrected chi connectivity index (χ2v) is 7.39. The minimum Gasteiger partial charge on any atom is -0.481 e. The minimum absolute atomic E-state index is 0.00939. The number of hydrogen-bond donors (Lipinski definition) is 2. The molecule has 0 radical (unpaired) electrons. The molecule has 2 amide bonds. The van der Waals surface area contributed by atoms with Crippen LogP contribution in [-0.4, -0.2) is 45.2 Å². The molecule has 2 N–H and O–H groups in total. The van der Waals surface area contributed by atoms with E-state index in [0.717, 1.165) is 31.2 Å². The SMILES string of the molecule is O=C(O)CCC(=O)N(C1CC1)[C@H]1c2ccccc2N(C(=O)O)[C@@H]2CC[C@@H]21. The normalized spacial score (nSPS) is 26.3. The van der Waals surface area contributed by atoms with E-state index in [1.165, 1.54) is 4.90 Å². The lowest BCUT2D eigenvalue weighted by molar-refractivity contribution is -0.143. The third-order valence-corrected chi connectivity index (χ3v) is 5.83. The van der Waals surface area contributed by atoms with Crippen LogP contribution >= 0.6 is 0 Å². The van der Waals surface area contributed by atoms with Crippen molar-refractivity contribution in [3.05, 3.63) is 29.8 Å². The van der Waals surface area contributed by atoms with Crippen LogP contribution in [0.4, 0.5) is 10.5 Å². The average molecular weight is 358 g/mol. The zero-order valence-corrected chi connectivity index (χ0v) is 14.4. The van der Waals surface area contributed by atoms with Crippen molar-refractivity contribution in [1.29, 1.82) is 0 Å². The van der Waals surface area contributed by atoms with Crippen LogP contribution in [0.3, 0.4) is 0 Å². The Morgan fingerprint density at radius 2 is 1.77 bits per heavy atom. The number of amides is 2. The topological polar surface area (TPSA) is 98.2 Å². The smallest absolute Gasteiger partial charge is 0.412 e. The molecule has 1 aromatic rings. The molecular formula is C19H22N2O5. The van der Waals surface area contributed by atoms with Gasteiger partial charge in [-0.2, -0.15) is 0 Å². The van der Waals surface area contributed by atoms with E-state index >= 15 is 0 Å². The van der Waals surface area contributed by atoms with Gasteiger partial charge in [-0.15, -0.1) is 0 Å². The number of carboxylic acids is 1. The molecule has 138 valence electrons. The van der Waals surface area contributed by atoms with E-state index in [-0.39, 0.29) is 42.8 Å². The summed E-state index contributed by atoms with van der Waals surface area (Å²) in [5.74, 6) is -1.03. The molecular weight excluding hydrogens is 336 g/mol. The van der Waals surface area contributed by atoms with Crippen LogP contribution in [0.15, 0.2) is 24.3 Å². The standard InChI is InChI=1S/C19H22N2O5/c22-16(9-10-17(23)24)20(11-5-6-11)18-12-3-1-2-4-14(12)21(19(25)26)15-8-7-13(15)18/h1-4,11,13,15,18H,5-10H2,(H,23,24)(H,25,26)/t13-,15+,18-/m0/s1. The molecule has 0 aromatic heterocycles. The zero-order chi connectivity index (χ0) is 18.4. The number of nitrogens with zero attached hydrogens (tertiary/aromatic N) is 2. The quantitative estimate of drug-likeness (QED) is 0.843. The average Bonchev–Trinajstić information content (AvgIpc) is 3.40. The predicted molar refractivity (Wildman–Crippen MR) is 92.9 cm³/mol. The lowest BCUT2D eigenvalue weighted by atomic mass is 9.68. The summed E-state index contributed by atoms with van der Waals surface area (Å²) in [5, 5.41) is 18.6. The van der Waals surface area contributed by atoms with Crippen LogP contribution in [0.1, 0.15) is 50.1 Å². The molecule has 1 aliphatic heterocycles. The Balaban J connectivity index is 1.72. The second-order valence-electron chi connectivity index (χ2n) is 7.39. The van der Waals surface area contributed by atoms with E-state index in [2.05, 4.69) is 0 Å². The van der Waals surface area contributed by atoms with Gasteiger partial charge in [0.15, 0.2) is 0 Å². The Labute approximate surface area is 151 Å². The molecule has 26 heavy (non-hydrogen) atoms. The van der Waals surface area contributed by atoms with Crippen LogP contribution in [0.25, 0.3) is 0 Å². The van der Waals surface area contributed by atoms with Crippen LogP contribution in [0, 0.1) is 5.92 Å². The number of anilines is 1. The van der Waals surface area contributed by atoms with Crippen molar-refractivity contribution in [3.63, 3.8) is 0 Å². The highest BCUT2D eigenvalue weighted by Gasteiger charge is 2.53. The number of benzene rings is 1. The van der Waals surface area contributed by atoms with Crippen LogP contribution in [-0.2, 0) is 9.59 Å². The summed E-state index contributed by atoms with van der Waals surface area (Å²) in [4.78, 5) is 38.9. The van der Waals surface area contributed by atoms with Crippen molar-refractivity contribution in [1.82, 2.24) is 4.90 Å². The third kappa shape index (κ3) is 2.71. The van der Waals surface area contributed by atoms with Gasteiger partial charge < -0.3 is 15.1 Å². The van der Waals surface area contributed by atoms with Gasteiger partial charge in [0, 0.05) is 24.4 Å². The van der Waals surface area contributed by atoms with E-state index in [1.54, 1.807) is 6.07 Å². The molecule has 2 aliphatic carbocycles. The molecule has 1 heterocycles. The Hall–Kier alpha value is -2.57. The summed E-state index contributed by atoms with van der Waals surface area (Å²) >= 11 is 0. The summed E-state index contributed by atoms with van der Waals surface area (Å²) in [7, 11) is 0. The molecule has 0 unspecified atom stereocenters. The first-order valence-electron chi connectivity index (χ1n) is 9.13. The monoisotopic (exact) mass is 358 g/mol. The lowest BCUT2D eigenvalue weighted by Gasteiger charge is -2.54. The molecule has 0 bridgehead atoms. The van der Waals surface area contributed by atoms with Crippen LogP contribution in [0.5, 0.6) is 0 Å². The third-order valence-electron chi connectivity index (χ3n) is 5.83. The molecule has 7 nitrogen and oxygen atoms in total. The molecule has 0 saturated heterocycles. The number of rotatable bonds is 5. The summed E-state index contributed by atoms with van der Waals surface area (Å²) in [6.07, 6.45) is 2.39. The first kappa shape index (κ1) is 16.9. The summed E-state index contributed by atoms with van der Waals surface area (Å²) < 4.78 is 0. The maximum absolute atomic E-state index is 12.9. The van der Waals surface area contributed by atoms with Gasteiger partial charge in [0.25, 0.3) is 0 Å². The van der Waals surface area contributed by atoms with Crippen LogP contribution < -0.4 is 4.90 Å². The summed E-state index contributed by atoms with van der Waals surface area (Å²) in [6.45, 7) is 0. The lowest BCUT2D eigenvalue weighted by Crippen LogP contribution is -2.59. The maximum atomic E-state index is 12.9. The molecule has 1 aromatic carbocycles. The van der Waals surface area contributed by atoms with Gasteiger partial charge >= 0.3 is 12.1 Å². The van der Waals surface area contributed by atoms with Crippen molar-refractivity contribution >= 4 is 23.7 Å². The fraction of sp³-hybridized carbons (Fsp3) is 0.526. The minimum atomic E-state index is -0.975. The van der Waals surface area contributed by atoms with Gasteiger partial charge in [-0.3, -0.25) is 14.5 Å². The highest BCUT2D eigenvalue weighted by atomic mass is 16.4. The van der Waals surface area contributed by atoms with Crippen LogP contribution in [0.2, 0.25) is 0 Å². The van der Waals surface area contributed by atoms with E-state index in [1.807, 2.05) is 23.1 Å². The number of carbonyl (C=O) groups excluding carboxylic acids is 1. The zero-order valence-electron chi connectivity index (χ0n) is 14.4. The predicted octanol–water partition coefficient (Wildman–Crippen LogP) is 2.86. The molecule has 3 aliphatic rings. The largest absolute Gasteiger partial charge is 0.481 e. The number of aliphatic carboxylic acids is 1. The number of hydrogen-bond acceptors (Lipinski definition) is 3. The number of carboxylic acid groups (broad SMARTS) is 2. The number of carbonyl (C=O) groups is 3. The Bertz CT molecular complexity index is 760. The molecule has 0 spiro atoms. The first-order valence-corrected chi connectivity index (χ1v) is 9.13. The number of fused-ring (bicyclic) bond motifs is 2. The summed E-state index contributed by atoms with van der Waals surface area (Å²) in [6, 6.07) is 7.28. The van der Waals surface area contributed by atoms with E-state index < -0.39 is 12.1 Å².